The first-order valence-corrected chi connectivity index (χ1v) is 8.62. The average Bonchev–Trinajstić information content (AvgIpc) is 3.01. The van der Waals surface area contributed by atoms with E-state index >= 15 is 0 Å². The quantitative estimate of drug-likeness (QED) is 0.841. The number of urea groups is 1. The number of hydrogen-bond acceptors (Lipinski definition) is 3. The topological polar surface area (TPSA) is 61.8 Å². The number of likely N-dealkylation sites (N-methyl/N-ethyl adjacent to an activating group) is 1. The fourth-order valence-corrected chi connectivity index (χ4v) is 3.71. The van der Waals surface area contributed by atoms with E-state index in [0.29, 0.717) is 13.1 Å². The van der Waals surface area contributed by atoms with Crippen LogP contribution in [0.2, 0.25) is 0 Å². The van der Waals surface area contributed by atoms with Gasteiger partial charge >= 0.3 is 6.03 Å². The van der Waals surface area contributed by atoms with E-state index in [0.717, 1.165) is 31.4 Å². The molecule has 2 rings (SSSR count). The zero-order valence-corrected chi connectivity index (χ0v) is 15.3. The number of nitrogens with one attached hydrogen (secondary N) is 1. The smallest absolute Gasteiger partial charge is 0.317 e. The lowest BCUT2D eigenvalue weighted by molar-refractivity contribution is 0.0530. The van der Waals surface area contributed by atoms with Crippen LogP contribution in [0.25, 0.3) is 0 Å². The molecule has 1 aliphatic rings. The van der Waals surface area contributed by atoms with Gasteiger partial charge in [-0.05, 0) is 32.8 Å². The minimum atomic E-state index is -0.903. The molecule has 1 saturated carbocycles. The van der Waals surface area contributed by atoms with Gasteiger partial charge in [0.15, 0.2) is 0 Å². The third-order valence-corrected chi connectivity index (χ3v) is 4.79. The van der Waals surface area contributed by atoms with Gasteiger partial charge in [0.2, 0.25) is 0 Å². The molecular formula is C19H30N2O3. The predicted octanol–water partition coefficient (Wildman–Crippen LogP) is 2.92. The molecule has 0 bridgehead atoms. The molecule has 0 heterocycles. The summed E-state index contributed by atoms with van der Waals surface area (Å²) in [5, 5.41) is 12.9. The van der Waals surface area contributed by atoms with Gasteiger partial charge in [-0.2, -0.15) is 0 Å². The Kier molecular flexibility index (Phi) is 5.75. The van der Waals surface area contributed by atoms with E-state index in [4.69, 9.17) is 4.74 Å². The SMILES string of the molecule is COc1ccccc1C1(CNC(=O)N(C)CC(C)(C)O)CCCC1. The van der Waals surface area contributed by atoms with Crippen molar-refractivity contribution in [3.05, 3.63) is 29.8 Å². The highest BCUT2D eigenvalue weighted by Crippen LogP contribution is 2.44. The molecule has 1 aliphatic carbocycles. The molecule has 1 fully saturated rings. The normalized spacial score (nSPS) is 16.7. The molecule has 0 atom stereocenters. The van der Waals surface area contributed by atoms with Crippen molar-refractivity contribution in [3.63, 3.8) is 0 Å². The molecule has 0 spiro atoms. The molecule has 1 aromatic carbocycles. The number of benzene rings is 1. The Labute approximate surface area is 145 Å². The number of carbonyl (C=O) groups is 1. The van der Waals surface area contributed by atoms with Crippen molar-refractivity contribution in [1.29, 1.82) is 0 Å². The number of amides is 2. The van der Waals surface area contributed by atoms with E-state index in [9.17, 15) is 9.90 Å². The van der Waals surface area contributed by atoms with Crippen LogP contribution in [0.4, 0.5) is 4.79 Å². The summed E-state index contributed by atoms with van der Waals surface area (Å²) in [6.45, 7) is 4.27. The molecule has 5 nitrogen and oxygen atoms in total. The molecule has 0 saturated heterocycles. The number of aliphatic hydroxyl groups is 1. The van der Waals surface area contributed by atoms with Crippen molar-refractivity contribution < 1.29 is 14.6 Å². The second-order valence-electron chi connectivity index (χ2n) is 7.51. The summed E-state index contributed by atoms with van der Waals surface area (Å²) >= 11 is 0. The van der Waals surface area contributed by atoms with E-state index in [1.807, 2.05) is 18.2 Å². The summed E-state index contributed by atoms with van der Waals surface area (Å²) in [5.74, 6) is 0.887. The van der Waals surface area contributed by atoms with Crippen LogP contribution >= 0.6 is 0 Å². The summed E-state index contributed by atoms with van der Waals surface area (Å²) in [6.07, 6.45) is 4.41. The Hall–Kier alpha value is -1.75. The van der Waals surface area contributed by atoms with Crippen molar-refractivity contribution in [2.45, 2.75) is 50.5 Å². The number of nitrogens with zero attached hydrogens (tertiary/aromatic N) is 1. The van der Waals surface area contributed by atoms with Crippen LogP contribution in [0.5, 0.6) is 5.75 Å². The minimum Gasteiger partial charge on any atom is -0.496 e. The number of hydrogen-bond donors (Lipinski definition) is 2. The van der Waals surface area contributed by atoms with Gasteiger partial charge in [0.25, 0.3) is 0 Å². The number of para-hydroxylation sites is 1. The molecule has 1 aromatic rings. The van der Waals surface area contributed by atoms with Crippen LogP contribution in [-0.4, -0.2) is 48.9 Å². The highest BCUT2D eigenvalue weighted by Gasteiger charge is 2.38. The van der Waals surface area contributed by atoms with Crippen LogP contribution in [0, 0.1) is 0 Å². The summed E-state index contributed by atoms with van der Waals surface area (Å²) in [5.41, 5.74) is 0.202. The molecule has 0 unspecified atom stereocenters. The van der Waals surface area contributed by atoms with Gasteiger partial charge < -0.3 is 20.1 Å². The van der Waals surface area contributed by atoms with Gasteiger partial charge in [-0.1, -0.05) is 31.0 Å². The van der Waals surface area contributed by atoms with Crippen molar-refractivity contribution in [2.75, 3.05) is 27.2 Å². The third kappa shape index (κ3) is 4.41. The third-order valence-electron chi connectivity index (χ3n) is 4.79. The maximum atomic E-state index is 12.4. The first kappa shape index (κ1) is 18.6. The van der Waals surface area contributed by atoms with Gasteiger partial charge in [0.1, 0.15) is 5.75 Å². The standard InChI is InChI=1S/C19H30N2O3/c1-18(2,23)14-21(3)17(22)20-13-19(11-7-8-12-19)15-9-5-6-10-16(15)24-4/h5-6,9-10,23H,7-8,11-14H2,1-4H3,(H,20,22). The highest BCUT2D eigenvalue weighted by atomic mass is 16.5. The van der Waals surface area contributed by atoms with Crippen molar-refractivity contribution in [1.82, 2.24) is 10.2 Å². The number of carbonyl (C=O) groups excluding carboxylic acids is 1. The Morgan fingerprint density at radius 1 is 1.33 bits per heavy atom. The Morgan fingerprint density at radius 3 is 2.54 bits per heavy atom. The molecule has 24 heavy (non-hydrogen) atoms. The number of ether oxygens (including phenoxy) is 1. The lowest BCUT2D eigenvalue weighted by atomic mass is 9.78. The fraction of sp³-hybridized carbons (Fsp3) is 0.632. The molecular weight excluding hydrogens is 304 g/mol. The molecule has 0 radical (unpaired) electrons. The monoisotopic (exact) mass is 334 g/mol. The van der Waals surface area contributed by atoms with Crippen molar-refractivity contribution >= 4 is 6.03 Å². The van der Waals surface area contributed by atoms with Crippen LogP contribution in [0.1, 0.15) is 45.1 Å². The van der Waals surface area contributed by atoms with E-state index in [-0.39, 0.29) is 11.4 Å². The highest BCUT2D eigenvalue weighted by molar-refractivity contribution is 5.74. The van der Waals surface area contributed by atoms with Crippen molar-refractivity contribution in [3.8, 4) is 5.75 Å². The van der Waals surface area contributed by atoms with Crippen molar-refractivity contribution in [2.24, 2.45) is 0 Å². The predicted molar refractivity (Wildman–Crippen MR) is 95.5 cm³/mol. The molecule has 0 aromatic heterocycles. The lowest BCUT2D eigenvalue weighted by Gasteiger charge is -2.33. The Bertz CT molecular complexity index is 560. The Balaban J connectivity index is 2.11. The van der Waals surface area contributed by atoms with Gasteiger partial charge in [0.05, 0.1) is 19.3 Å². The van der Waals surface area contributed by atoms with Gasteiger partial charge in [0, 0.05) is 24.6 Å². The van der Waals surface area contributed by atoms with E-state index in [1.54, 1.807) is 28.0 Å². The van der Waals surface area contributed by atoms with Crippen LogP contribution in [-0.2, 0) is 5.41 Å². The maximum absolute atomic E-state index is 12.4. The van der Waals surface area contributed by atoms with Crippen LogP contribution < -0.4 is 10.1 Å². The summed E-state index contributed by atoms with van der Waals surface area (Å²) in [4.78, 5) is 13.9. The van der Waals surface area contributed by atoms with E-state index < -0.39 is 5.60 Å². The van der Waals surface area contributed by atoms with Gasteiger partial charge in [-0.3, -0.25) is 0 Å². The average molecular weight is 334 g/mol. The molecule has 5 heteroatoms. The van der Waals surface area contributed by atoms with E-state index in [1.165, 1.54) is 10.5 Å². The van der Waals surface area contributed by atoms with Crippen LogP contribution in [0.15, 0.2) is 24.3 Å². The first-order chi connectivity index (χ1) is 11.3. The molecule has 2 amide bonds. The second-order valence-corrected chi connectivity index (χ2v) is 7.51. The lowest BCUT2D eigenvalue weighted by Crippen LogP contribution is -2.48. The van der Waals surface area contributed by atoms with Gasteiger partial charge in [-0.25, -0.2) is 4.79 Å². The maximum Gasteiger partial charge on any atom is 0.317 e. The first-order valence-electron chi connectivity index (χ1n) is 8.62. The largest absolute Gasteiger partial charge is 0.496 e. The molecule has 0 aliphatic heterocycles. The fourth-order valence-electron chi connectivity index (χ4n) is 3.71. The van der Waals surface area contributed by atoms with Gasteiger partial charge in [-0.15, -0.1) is 0 Å². The summed E-state index contributed by atoms with van der Waals surface area (Å²) in [6, 6.07) is 7.94. The zero-order chi connectivity index (χ0) is 17.8. The second kappa shape index (κ2) is 7.43. The number of methoxy groups -OCH3 is 1. The zero-order valence-electron chi connectivity index (χ0n) is 15.3. The summed E-state index contributed by atoms with van der Waals surface area (Å²) < 4.78 is 5.55. The minimum absolute atomic E-state index is 0.0716. The summed E-state index contributed by atoms with van der Waals surface area (Å²) in [7, 11) is 3.40. The molecule has 2 N–H and O–H groups in total. The van der Waals surface area contributed by atoms with Crippen LogP contribution in [0.3, 0.4) is 0 Å². The Morgan fingerprint density at radius 2 is 1.96 bits per heavy atom. The molecule has 134 valence electrons. The van der Waals surface area contributed by atoms with E-state index in [2.05, 4.69) is 11.4 Å². The number of rotatable bonds is 6.